The van der Waals surface area contributed by atoms with E-state index in [2.05, 4.69) is 10.6 Å². The highest BCUT2D eigenvalue weighted by atomic mass is 19.1. The minimum absolute atomic E-state index is 0.0533. The molecule has 0 aromatic heterocycles. The number of rotatable bonds is 4. The topological polar surface area (TPSA) is 61.4 Å². The number of urea groups is 1. The van der Waals surface area contributed by atoms with Crippen molar-refractivity contribution in [2.75, 3.05) is 13.2 Å². The molecule has 19 heavy (non-hydrogen) atoms. The molecule has 0 saturated carbocycles. The van der Waals surface area contributed by atoms with Crippen molar-refractivity contribution in [2.45, 2.75) is 31.7 Å². The van der Waals surface area contributed by atoms with E-state index in [0.29, 0.717) is 13.0 Å². The zero-order chi connectivity index (χ0) is 13.7. The molecular formula is C14H19FN2O2. The van der Waals surface area contributed by atoms with E-state index in [1.54, 1.807) is 6.07 Å². The Morgan fingerprint density at radius 1 is 1.47 bits per heavy atom. The van der Waals surface area contributed by atoms with Crippen molar-refractivity contribution in [1.82, 2.24) is 10.6 Å². The molecule has 5 heteroatoms. The lowest BCUT2D eigenvalue weighted by Crippen LogP contribution is -2.39. The molecule has 0 radical (unpaired) electrons. The number of fused-ring (bicyclic) bond motifs is 1. The van der Waals surface area contributed by atoms with Crippen LogP contribution in [0.3, 0.4) is 0 Å². The van der Waals surface area contributed by atoms with Crippen LogP contribution in [0.25, 0.3) is 0 Å². The monoisotopic (exact) mass is 266 g/mol. The number of aryl methyl sites for hydroxylation is 1. The molecule has 1 atom stereocenters. The predicted octanol–water partition coefficient (Wildman–Crippen LogP) is 1.88. The number of nitrogens with one attached hydrogen (secondary N) is 2. The SMILES string of the molecule is O=C(NCCCO)N[C@H]1CCCc2ccc(F)cc21. The first-order valence-electron chi connectivity index (χ1n) is 6.64. The third-order valence-corrected chi connectivity index (χ3v) is 3.35. The molecule has 3 N–H and O–H groups in total. The molecule has 0 saturated heterocycles. The third kappa shape index (κ3) is 3.67. The molecule has 0 fully saturated rings. The molecule has 1 aromatic carbocycles. The Hall–Kier alpha value is -1.62. The lowest BCUT2D eigenvalue weighted by Gasteiger charge is -2.26. The normalized spacial score (nSPS) is 17.7. The number of benzene rings is 1. The van der Waals surface area contributed by atoms with Gasteiger partial charge in [0.15, 0.2) is 0 Å². The van der Waals surface area contributed by atoms with Gasteiger partial charge in [0.1, 0.15) is 5.82 Å². The maximum Gasteiger partial charge on any atom is 0.315 e. The van der Waals surface area contributed by atoms with Crippen LogP contribution in [-0.2, 0) is 6.42 Å². The van der Waals surface area contributed by atoms with Crippen molar-refractivity contribution in [3.8, 4) is 0 Å². The van der Waals surface area contributed by atoms with Gasteiger partial charge in [0.2, 0.25) is 0 Å². The molecule has 2 rings (SSSR count). The van der Waals surface area contributed by atoms with Gasteiger partial charge in [0.05, 0.1) is 6.04 Å². The molecule has 1 aromatic rings. The van der Waals surface area contributed by atoms with E-state index in [-0.39, 0.29) is 24.5 Å². The van der Waals surface area contributed by atoms with Gasteiger partial charge in [-0.25, -0.2) is 9.18 Å². The Bertz CT molecular complexity index is 451. The van der Waals surface area contributed by atoms with Crippen LogP contribution in [0.15, 0.2) is 18.2 Å². The Morgan fingerprint density at radius 3 is 3.11 bits per heavy atom. The Morgan fingerprint density at radius 2 is 2.32 bits per heavy atom. The largest absolute Gasteiger partial charge is 0.396 e. The molecule has 104 valence electrons. The lowest BCUT2D eigenvalue weighted by atomic mass is 9.87. The minimum atomic E-state index is -0.270. The summed E-state index contributed by atoms with van der Waals surface area (Å²) < 4.78 is 13.3. The molecule has 0 unspecified atom stereocenters. The number of halogens is 1. The number of aliphatic hydroxyl groups is 1. The smallest absolute Gasteiger partial charge is 0.315 e. The van der Waals surface area contributed by atoms with Gasteiger partial charge in [-0.15, -0.1) is 0 Å². The number of carbonyl (C=O) groups excluding carboxylic acids is 1. The summed E-state index contributed by atoms with van der Waals surface area (Å²) in [4.78, 5) is 11.7. The average molecular weight is 266 g/mol. The molecule has 0 heterocycles. The molecule has 4 nitrogen and oxygen atoms in total. The highest BCUT2D eigenvalue weighted by Gasteiger charge is 2.22. The van der Waals surface area contributed by atoms with Gasteiger partial charge in [0.25, 0.3) is 0 Å². The summed E-state index contributed by atoms with van der Waals surface area (Å²) in [6.45, 7) is 0.489. The quantitative estimate of drug-likeness (QED) is 0.729. The van der Waals surface area contributed by atoms with Gasteiger partial charge in [-0.1, -0.05) is 6.07 Å². The van der Waals surface area contributed by atoms with Gasteiger partial charge < -0.3 is 15.7 Å². The first-order chi connectivity index (χ1) is 9.20. The Kier molecular flexibility index (Phi) is 4.74. The number of carbonyl (C=O) groups is 1. The molecule has 2 amide bonds. The van der Waals surface area contributed by atoms with Crippen LogP contribution >= 0.6 is 0 Å². The maximum atomic E-state index is 13.3. The zero-order valence-electron chi connectivity index (χ0n) is 10.8. The number of aliphatic hydroxyl groups excluding tert-OH is 1. The number of amides is 2. The van der Waals surface area contributed by atoms with Crippen LogP contribution in [-0.4, -0.2) is 24.3 Å². The van der Waals surface area contributed by atoms with Crippen molar-refractivity contribution in [3.05, 3.63) is 35.1 Å². The van der Waals surface area contributed by atoms with Gasteiger partial charge in [-0.05, 0) is 48.9 Å². The van der Waals surface area contributed by atoms with Crippen molar-refractivity contribution >= 4 is 6.03 Å². The molecule has 0 spiro atoms. The maximum absolute atomic E-state index is 13.3. The standard InChI is InChI=1S/C14H19FN2O2/c15-11-6-5-10-3-1-4-13(12(10)9-11)17-14(19)16-7-2-8-18/h5-6,9,13,18H,1-4,7-8H2,(H2,16,17,19)/t13-/m0/s1. The second-order valence-electron chi connectivity index (χ2n) is 4.77. The molecule has 0 bridgehead atoms. The Balaban J connectivity index is 1.99. The van der Waals surface area contributed by atoms with Crippen LogP contribution in [0.5, 0.6) is 0 Å². The van der Waals surface area contributed by atoms with Crippen LogP contribution in [0, 0.1) is 5.82 Å². The molecule has 0 aliphatic heterocycles. The zero-order valence-corrected chi connectivity index (χ0v) is 10.8. The van der Waals surface area contributed by atoms with Gasteiger partial charge in [-0.2, -0.15) is 0 Å². The highest BCUT2D eigenvalue weighted by molar-refractivity contribution is 5.74. The summed E-state index contributed by atoms with van der Waals surface area (Å²) in [5.74, 6) is -0.270. The van der Waals surface area contributed by atoms with E-state index < -0.39 is 0 Å². The first kappa shape index (κ1) is 13.8. The minimum Gasteiger partial charge on any atom is -0.396 e. The first-order valence-corrected chi connectivity index (χ1v) is 6.64. The van der Waals surface area contributed by atoms with Crippen molar-refractivity contribution in [1.29, 1.82) is 0 Å². The van der Waals surface area contributed by atoms with Crippen LogP contribution in [0.1, 0.15) is 36.4 Å². The van der Waals surface area contributed by atoms with E-state index in [1.807, 2.05) is 0 Å². The average Bonchev–Trinajstić information content (AvgIpc) is 2.40. The number of hydrogen-bond acceptors (Lipinski definition) is 2. The third-order valence-electron chi connectivity index (χ3n) is 3.35. The van der Waals surface area contributed by atoms with Gasteiger partial charge in [0, 0.05) is 13.2 Å². The fraction of sp³-hybridized carbons (Fsp3) is 0.500. The van der Waals surface area contributed by atoms with Crippen LogP contribution in [0.2, 0.25) is 0 Å². The summed E-state index contributed by atoms with van der Waals surface area (Å²) in [5, 5.41) is 14.2. The van der Waals surface area contributed by atoms with Crippen molar-refractivity contribution in [3.63, 3.8) is 0 Å². The van der Waals surface area contributed by atoms with E-state index in [0.717, 1.165) is 30.4 Å². The Labute approximate surface area is 112 Å². The fourth-order valence-electron chi connectivity index (χ4n) is 2.41. The van der Waals surface area contributed by atoms with Crippen LogP contribution in [0.4, 0.5) is 9.18 Å². The summed E-state index contributed by atoms with van der Waals surface area (Å²) in [6, 6.07) is 4.36. The summed E-state index contributed by atoms with van der Waals surface area (Å²) in [5.41, 5.74) is 1.98. The molecular weight excluding hydrogens is 247 g/mol. The van der Waals surface area contributed by atoms with Crippen molar-refractivity contribution < 1.29 is 14.3 Å². The fourth-order valence-corrected chi connectivity index (χ4v) is 2.41. The van der Waals surface area contributed by atoms with Crippen LogP contribution < -0.4 is 10.6 Å². The second kappa shape index (κ2) is 6.52. The molecule has 1 aliphatic rings. The second-order valence-corrected chi connectivity index (χ2v) is 4.77. The lowest BCUT2D eigenvalue weighted by molar-refractivity contribution is 0.233. The van der Waals surface area contributed by atoms with E-state index in [1.165, 1.54) is 12.1 Å². The van der Waals surface area contributed by atoms with E-state index in [9.17, 15) is 9.18 Å². The number of hydrogen-bond donors (Lipinski definition) is 3. The van der Waals surface area contributed by atoms with Gasteiger partial charge in [-0.3, -0.25) is 0 Å². The highest BCUT2D eigenvalue weighted by Crippen LogP contribution is 2.30. The predicted molar refractivity (Wildman–Crippen MR) is 70.3 cm³/mol. The molecule has 1 aliphatic carbocycles. The van der Waals surface area contributed by atoms with Gasteiger partial charge >= 0.3 is 6.03 Å². The van der Waals surface area contributed by atoms with Crippen molar-refractivity contribution in [2.24, 2.45) is 0 Å². The van der Waals surface area contributed by atoms with E-state index in [4.69, 9.17) is 5.11 Å². The van der Waals surface area contributed by atoms with E-state index >= 15 is 0 Å². The summed E-state index contributed by atoms with van der Waals surface area (Å²) in [6.07, 6.45) is 3.27. The summed E-state index contributed by atoms with van der Waals surface area (Å²) in [7, 11) is 0. The summed E-state index contributed by atoms with van der Waals surface area (Å²) >= 11 is 0.